The molecule has 0 fully saturated rings. The first-order chi connectivity index (χ1) is 9.46. The number of hydrogen-bond acceptors (Lipinski definition) is 4. The fraction of sp³-hybridized carbons (Fsp3) is 0.615. The number of aromatic nitrogens is 1. The molecule has 1 N–H and O–H groups in total. The van der Waals surface area contributed by atoms with Crippen molar-refractivity contribution in [2.45, 2.75) is 25.6 Å². The molecule has 0 saturated carbocycles. The van der Waals surface area contributed by atoms with Gasteiger partial charge in [-0.15, -0.1) is 0 Å². The Morgan fingerprint density at radius 3 is 2.70 bits per heavy atom. The molecule has 0 bridgehead atoms. The summed E-state index contributed by atoms with van der Waals surface area (Å²) in [6, 6.07) is 1.39. The van der Waals surface area contributed by atoms with Gasteiger partial charge in [-0.2, -0.15) is 13.2 Å². The van der Waals surface area contributed by atoms with Gasteiger partial charge in [-0.3, -0.25) is 4.98 Å². The zero-order chi connectivity index (χ0) is 15.0. The fourth-order valence-corrected chi connectivity index (χ4v) is 1.62. The molecule has 7 heteroatoms. The summed E-state index contributed by atoms with van der Waals surface area (Å²) in [7, 11) is 1.51. The Bertz CT molecular complexity index is 399. The van der Waals surface area contributed by atoms with Gasteiger partial charge in [0.15, 0.2) is 0 Å². The zero-order valence-corrected chi connectivity index (χ0v) is 11.5. The molecular weight excluding hydrogens is 273 g/mol. The van der Waals surface area contributed by atoms with Crippen molar-refractivity contribution in [3.8, 4) is 5.75 Å². The second kappa shape index (κ2) is 8.06. The average Bonchev–Trinajstić information content (AvgIpc) is 2.41. The van der Waals surface area contributed by atoms with Crippen LogP contribution in [0.3, 0.4) is 0 Å². The van der Waals surface area contributed by atoms with Crippen LogP contribution in [0.4, 0.5) is 13.2 Å². The van der Waals surface area contributed by atoms with Gasteiger partial charge < -0.3 is 14.8 Å². The van der Waals surface area contributed by atoms with E-state index in [2.05, 4.69) is 10.3 Å². The highest BCUT2D eigenvalue weighted by Crippen LogP contribution is 2.20. The van der Waals surface area contributed by atoms with Crippen molar-refractivity contribution in [2.24, 2.45) is 0 Å². The highest BCUT2D eigenvalue weighted by atomic mass is 19.4. The van der Waals surface area contributed by atoms with Crippen LogP contribution in [0.1, 0.15) is 24.9 Å². The van der Waals surface area contributed by atoms with Crippen LogP contribution in [0.5, 0.6) is 5.75 Å². The Morgan fingerprint density at radius 2 is 2.10 bits per heavy atom. The molecule has 1 rings (SSSR count). The quantitative estimate of drug-likeness (QED) is 0.800. The Labute approximate surface area is 116 Å². The molecule has 4 nitrogen and oxygen atoms in total. The molecule has 0 aliphatic rings. The van der Waals surface area contributed by atoms with Gasteiger partial charge in [0.25, 0.3) is 0 Å². The maximum atomic E-state index is 12.1. The molecule has 114 valence electrons. The van der Waals surface area contributed by atoms with E-state index in [1.54, 1.807) is 12.3 Å². The Balaban J connectivity index is 2.67. The molecule has 1 aromatic rings. The monoisotopic (exact) mass is 292 g/mol. The van der Waals surface area contributed by atoms with Gasteiger partial charge in [-0.25, -0.2) is 0 Å². The maximum absolute atomic E-state index is 12.1. The van der Waals surface area contributed by atoms with E-state index in [0.717, 1.165) is 12.0 Å². The van der Waals surface area contributed by atoms with Crippen LogP contribution < -0.4 is 10.1 Å². The van der Waals surface area contributed by atoms with Gasteiger partial charge >= 0.3 is 6.18 Å². The van der Waals surface area contributed by atoms with Crippen LogP contribution in [0.2, 0.25) is 0 Å². The molecular formula is C13H19F3N2O2. The molecule has 0 aromatic carbocycles. The van der Waals surface area contributed by atoms with Gasteiger partial charge in [0.1, 0.15) is 12.4 Å². The number of halogens is 3. The predicted octanol–water partition coefficient (Wildman–Crippen LogP) is 2.71. The fourth-order valence-electron chi connectivity index (χ4n) is 1.62. The summed E-state index contributed by atoms with van der Waals surface area (Å²) in [5.41, 5.74) is 0.736. The van der Waals surface area contributed by atoms with E-state index in [-0.39, 0.29) is 12.6 Å². The lowest BCUT2D eigenvalue weighted by atomic mass is 10.1. The molecule has 0 aliphatic carbocycles. The summed E-state index contributed by atoms with van der Waals surface area (Å²) >= 11 is 0. The van der Waals surface area contributed by atoms with Gasteiger partial charge in [0, 0.05) is 6.20 Å². The van der Waals surface area contributed by atoms with Gasteiger partial charge in [0.05, 0.1) is 26.0 Å². The highest BCUT2D eigenvalue weighted by Gasteiger charge is 2.28. The third-order valence-corrected chi connectivity index (χ3v) is 2.56. The SMILES string of the molecule is CCCNC(COCC(F)(F)F)c1cncc(OC)c1. The largest absolute Gasteiger partial charge is 0.495 e. The number of methoxy groups -OCH3 is 1. The van der Waals surface area contributed by atoms with E-state index < -0.39 is 12.8 Å². The molecule has 0 saturated heterocycles. The molecule has 0 aliphatic heterocycles. The van der Waals surface area contributed by atoms with Crippen molar-refractivity contribution >= 4 is 0 Å². The lowest BCUT2D eigenvalue weighted by molar-refractivity contribution is -0.175. The van der Waals surface area contributed by atoms with Crippen LogP contribution in [0, 0.1) is 0 Å². The lowest BCUT2D eigenvalue weighted by Crippen LogP contribution is -2.28. The maximum Gasteiger partial charge on any atom is 0.411 e. The molecule has 0 radical (unpaired) electrons. The van der Waals surface area contributed by atoms with E-state index >= 15 is 0 Å². The number of hydrogen-bond donors (Lipinski definition) is 1. The van der Waals surface area contributed by atoms with E-state index in [0.29, 0.717) is 12.3 Å². The third-order valence-electron chi connectivity index (χ3n) is 2.56. The smallest absolute Gasteiger partial charge is 0.411 e. The van der Waals surface area contributed by atoms with Gasteiger partial charge in [-0.05, 0) is 24.6 Å². The number of pyridine rings is 1. The lowest BCUT2D eigenvalue weighted by Gasteiger charge is -2.19. The number of ether oxygens (including phenoxy) is 2. The summed E-state index contributed by atoms with van der Waals surface area (Å²) < 4.78 is 46.1. The average molecular weight is 292 g/mol. The van der Waals surface area contributed by atoms with Crippen molar-refractivity contribution in [1.82, 2.24) is 10.3 Å². The topological polar surface area (TPSA) is 43.4 Å². The zero-order valence-electron chi connectivity index (χ0n) is 11.5. The predicted molar refractivity (Wildman–Crippen MR) is 68.7 cm³/mol. The van der Waals surface area contributed by atoms with E-state index in [9.17, 15) is 13.2 Å². The highest BCUT2D eigenvalue weighted by molar-refractivity contribution is 5.26. The molecule has 1 unspecified atom stereocenters. The van der Waals surface area contributed by atoms with Crippen molar-refractivity contribution in [2.75, 3.05) is 26.9 Å². The normalized spacial score (nSPS) is 13.2. The Hall–Kier alpha value is -1.34. The summed E-state index contributed by atoms with van der Waals surface area (Å²) in [6.45, 7) is 1.32. The van der Waals surface area contributed by atoms with E-state index in [4.69, 9.17) is 9.47 Å². The third kappa shape index (κ3) is 6.21. The van der Waals surface area contributed by atoms with Crippen molar-refractivity contribution in [3.05, 3.63) is 24.0 Å². The molecule has 20 heavy (non-hydrogen) atoms. The standard InChI is InChI=1S/C13H19F3N2O2/c1-3-4-18-12(8-20-9-13(14,15)16)10-5-11(19-2)7-17-6-10/h5-7,12,18H,3-4,8-9H2,1-2H3. The number of nitrogens with zero attached hydrogens (tertiary/aromatic N) is 1. The minimum absolute atomic E-state index is 0.0750. The first-order valence-corrected chi connectivity index (χ1v) is 6.33. The van der Waals surface area contributed by atoms with Crippen molar-refractivity contribution in [1.29, 1.82) is 0 Å². The second-order valence-corrected chi connectivity index (χ2v) is 4.30. The second-order valence-electron chi connectivity index (χ2n) is 4.30. The van der Waals surface area contributed by atoms with Crippen LogP contribution >= 0.6 is 0 Å². The molecule has 0 amide bonds. The Morgan fingerprint density at radius 1 is 1.35 bits per heavy atom. The first-order valence-electron chi connectivity index (χ1n) is 6.33. The van der Waals surface area contributed by atoms with E-state index in [1.807, 2.05) is 6.92 Å². The van der Waals surface area contributed by atoms with Gasteiger partial charge in [0.2, 0.25) is 0 Å². The molecule has 1 heterocycles. The minimum Gasteiger partial charge on any atom is -0.495 e. The first kappa shape index (κ1) is 16.7. The Kier molecular flexibility index (Phi) is 6.74. The number of nitrogens with one attached hydrogen (secondary N) is 1. The van der Waals surface area contributed by atoms with Crippen LogP contribution in [0.15, 0.2) is 18.5 Å². The molecule has 0 spiro atoms. The summed E-state index contributed by atoms with van der Waals surface area (Å²) in [5, 5.41) is 3.14. The number of alkyl halides is 3. The summed E-state index contributed by atoms with van der Waals surface area (Å²) in [6.07, 6.45) is -0.321. The summed E-state index contributed by atoms with van der Waals surface area (Å²) in [4.78, 5) is 4.00. The minimum atomic E-state index is -4.32. The van der Waals surface area contributed by atoms with Crippen molar-refractivity contribution in [3.63, 3.8) is 0 Å². The van der Waals surface area contributed by atoms with Crippen LogP contribution in [-0.4, -0.2) is 38.0 Å². The van der Waals surface area contributed by atoms with Gasteiger partial charge in [-0.1, -0.05) is 6.92 Å². The van der Waals surface area contributed by atoms with Crippen LogP contribution in [0.25, 0.3) is 0 Å². The molecule has 1 atom stereocenters. The summed E-state index contributed by atoms with van der Waals surface area (Å²) in [5.74, 6) is 0.557. The molecule has 1 aromatic heterocycles. The van der Waals surface area contributed by atoms with Crippen molar-refractivity contribution < 1.29 is 22.6 Å². The number of rotatable bonds is 8. The van der Waals surface area contributed by atoms with Crippen LogP contribution in [-0.2, 0) is 4.74 Å². The van der Waals surface area contributed by atoms with E-state index in [1.165, 1.54) is 13.3 Å².